The molecular formula is C17H26O. The Bertz CT molecular complexity index is 397. The summed E-state index contributed by atoms with van der Waals surface area (Å²) in [7, 11) is 1.76. The largest absolute Gasteiger partial charge is 0.497 e. The molecule has 1 aliphatic rings. The van der Waals surface area contributed by atoms with Crippen molar-refractivity contribution in [3.63, 3.8) is 0 Å². The van der Waals surface area contributed by atoms with Crippen molar-refractivity contribution in [2.45, 2.75) is 58.8 Å². The average molecular weight is 246 g/mol. The first-order valence-electron chi connectivity index (χ1n) is 7.39. The Morgan fingerprint density at radius 2 is 1.83 bits per heavy atom. The number of fused-ring (bicyclic) bond motifs is 1. The molecule has 0 aliphatic heterocycles. The second-order valence-electron chi connectivity index (χ2n) is 5.84. The second-order valence-corrected chi connectivity index (χ2v) is 5.84. The summed E-state index contributed by atoms with van der Waals surface area (Å²) in [6, 6.07) is 6.64. The lowest BCUT2D eigenvalue weighted by molar-refractivity contribution is 0.245. The van der Waals surface area contributed by atoms with Crippen molar-refractivity contribution in [3.8, 4) is 5.75 Å². The van der Waals surface area contributed by atoms with E-state index >= 15 is 0 Å². The lowest BCUT2D eigenvalue weighted by Gasteiger charge is -2.28. The summed E-state index contributed by atoms with van der Waals surface area (Å²) >= 11 is 0. The monoisotopic (exact) mass is 246 g/mol. The maximum atomic E-state index is 5.35. The zero-order valence-electron chi connectivity index (χ0n) is 12.1. The highest BCUT2D eigenvalue weighted by Crippen LogP contribution is 2.45. The van der Waals surface area contributed by atoms with Crippen molar-refractivity contribution in [1.29, 1.82) is 0 Å². The van der Waals surface area contributed by atoms with Gasteiger partial charge in [0.1, 0.15) is 5.75 Å². The number of ether oxygens (including phenoxy) is 1. The number of unbranched alkanes of at least 4 members (excludes halogenated alkanes) is 1. The van der Waals surface area contributed by atoms with Gasteiger partial charge in [0.05, 0.1) is 7.11 Å². The van der Waals surface area contributed by atoms with Gasteiger partial charge >= 0.3 is 0 Å². The summed E-state index contributed by atoms with van der Waals surface area (Å²) in [5, 5.41) is 0. The molecule has 0 amide bonds. The van der Waals surface area contributed by atoms with Crippen LogP contribution in [-0.2, 0) is 12.8 Å². The van der Waals surface area contributed by atoms with E-state index in [0.29, 0.717) is 5.41 Å². The van der Waals surface area contributed by atoms with Crippen LogP contribution in [0.15, 0.2) is 18.2 Å². The van der Waals surface area contributed by atoms with Crippen molar-refractivity contribution in [2.24, 2.45) is 5.41 Å². The number of benzene rings is 1. The van der Waals surface area contributed by atoms with E-state index in [4.69, 9.17) is 4.74 Å². The maximum Gasteiger partial charge on any atom is 0.119 e. The molecule has 0 saturated heterocycles. The SMILES string of the molecule is CCCCC1(CCC)Cc2ccc(OC)cc2C1. The molecule has 0 bridgehead atoms. The first-order chi connectivity index (χ1) is 8.73. The van der Waals surface area contributed by atoms with Crippen molar-refractivity contribution in [3.05, 3.63) is 29.3 Å². The Morgan fingerprint density at radius 1 is 1.06 bits per heavy atom. The first kappa shape index (κ1) is 13.5. The molecule has 0 spiro atoms. The van der Waals surface area contributed by atoms with E-state index in [1.165, 1.54) is 50.5 Å². The molecule has 0 heterocycles. The van der Waals surface area contributed by atoms with E-state index < -0.39 is 0 Å². The molecule has 1 atom stereocenters. The molecule has 0 radical (unpaired) electrons. The Labute approximate surface area is 112 Å². The van der Waals surface area contributed by atoms with Gasteiger partial charge in [-0.05, 0) is 54.4 Å². The third-order valence-electron chi connectivity index (χ3n) is 4.39. The molecule has 2 rings (SSSR count). The van der Waals surface area contributed by atoms with Crippen molar-refractivity contribution in [1.82, 2.24) is 0 Å². The van der Waals surface area contributed by atoms with Crippen molar-refractivity contribution < 1.29 is 4.74 Å². The van der Waals surface area contributed by atoms with E-state index in [1.807, 2.05) is 0 Å². The zero-order chi connectivity index (χ0) is 13.0. The van der Waals surface area contributed by atoms with Gasteiger partial charge < -0.3 is 4.74 Å². The van der Waals surface area contributed by atoms with Gasteiger partial charge in [0, 0.05) is 0 Å². The van der Waals surface area contributed by atoms with Gasteiger partial charge in [0.15, 0.2) is 0 Å². The molecule has 1 unspecified atom stereocenters. The number of hydrogen-bond donors (Lipinski definition) is 0. The van der Waals surface area contributed by atoms with Gasteiger partial charge in [-0.2, -0.15) is 0 Å². The minimum Gasteiger partial charge on any atom is -0.497 e. The van der Waals surface area contributed by atoms with Crippen LogP contribution in [0.3, 0.4) is 0 Å². The fourth-order valence-corrected chi connectivity index (χ4v) is 3.50. The lowest BCUT2D eigenvalue weighted by atomic mass is 9.76. The molecule has 18 heavy (non-hydrogen) atoms. The first-order valence-corrected chi connectivity index (χ1v) is 7.39. The third kappa shape index (κ3) is 2.71. The third-order valence-corrected chi connectivity index (χ3v) is 4.39. The zero-order valence-corrected chi connectivity index (χ0v) is 12.1. The van der Waals surface area contributed by atoms with Gasteiger partial charge in [-0.1, -0.05) is 39.2 Å². The molecule has 0 saturated carbocycles. The molecule has 1 aromatic rings. The number of methoxy groups -OCH3 is 1. The van der Waals surface area contributed by atoms with Crippen LogP contribution < -0.4 is 4.74 Å². The molecule has 0 N–H and O–H groups in total. The fraction of sp³-hybridized carbons (Fsp3) is 0.647. The highest BCUT2D eigenvalue weighted by atomic mass is 16.5. The van der Waals surface area contributed by atoms with E-state index in [-0.39, 0.29) is 0 Å². The Kier molecular flexibility index (Phi) is 4.31. The summed E-state index contributed by atoms with van der Waals surface area (Å²) in [5.41, 5.74) is 3.62. The average Bonchev–Trinajstić information content (AvgIpc) is 2.74. The highest BCUT2D eigenvalue weighted by Gasteiger charge is 2.35. The molecule has 1 nitrogen and oxygen atoms in total. The van der Waals surface area contributed by atoms with Crippen LogP contribution in [0, 0.1) is 5.41 Å². The fourth-order valence-electron chi connectivity index (χ4n) is 3.50. The Morgan fingerprint density at radius 3 is 2.50 bits per heavy atom. The van der Waals surface area contributed by atoms with E-state index in [2.05, 4.69) is 32.0 Å². The number of hydrogen-bond acceptors (Lipinski definition) is 1. The van der Waals surface area contributed by atoms with E-state index in [1.54, 1.807) is 12.7 Å². The summed E-state index contributed by atoms with van der Waals surface area (Å²) in [6.07, 6.45) is 9.26. The summed E-state index contributed by atoms with van der Waals surface area (Å²) in [5.74, 6) is 1.01. The Hall–Kier alpha value is -0.980. The minimum absolute atomic E-state index is 0.541. The summed E-state index contributed by atoms with van der Waals surface area (Å²) < 4.78 is 5.35. The van der Waals surface area contributed by atoms with Gasteiger partial charge in [-0.15, -0.1) is 0 Å². The normalized spacial score (nSPS) is 21.9. The maximum absolute atomic E-state index is 5.35. The minimum atomic E-state index is 0.541. The van der Waals surface area contributed by atoms with Gasteiger partial charge in [0.25, 0.3) is 0 Å². The second kappa shape index (κ2) is 5.77. The topological polar surface area (TPSA) is 9.23 Å². The standard InChI is InChI=1S/C17H26O/c1-4-6-10-17(9-5-2)12-14-7-8-16(18-3)11-15(14)13-17/h7-8,11H,4-6,9-10,12-13H2,1-3H3. The molecule has 0 aromatic heterocycles. The lowest BCUT2D eigenvalue weighted by Crippen LogP contribution is -2.21. The quantitative estimate of drug-likeness (QED) is 0.702. The van der Waals surface area contributed by atoms with Crippen molar-refractivity contribution in [2.75, 3.05) is 7.11 Å². The van der Waals surface area contributed by atoms with Crippen molar-refractivity contribution >= 4 is 0 Å². The number of rotatable bonds is 6. The van der Waals surface area contributed by atoms with E-state index in [0.717, 1.165) is 5.75 Å². The highest BCUT2D eigenvalue weighted by molar-refractivity contribution is 5.40. The van der Waals surface area contributed by atoms with Gasteiger partial charge in [-0.3, -0.25) is 0 Å². The van der Waals surface area contributed by atoms with Crippen LogP contribution in [0.1, 0.15) is 57.1 Å². The molecule has 0 fully saturated rings. The molecule has 1 aliphatic carbocycles. The van der Waals surface area contributed by atoms with Crippen LogP contribution >= 0.6 is 0 Å². The van der Waals surface area contributed by atoms with E-state index in [9.17, 15) is 0 Å². The van der Waals surface area contributed by atoms with Crippen LogP contribution in [0.25, 0.3) is 0 Å². The predicted molar refractivity (Wildman–Crippen MR) is 77.3 cm³/mol. The van der Waals surface area contributed by atoms with Gasteiger partial charge in [-0.25, -0.2) is 0 Å². The van der Waals surface area contributed by atoms with Gasteiger partial charge in [0.2, 0.25) is 0 Å². The molecule has 100 valence electrons. The molecular weight excluding hydrogens is 220 g/mol. The summed E-state index contributed by atoms with van der Waals surface area (Å²) in [6.45, 7) is 4.61. The van der Waals surface area contributed by atoms with Crippen LogP contribution in [0.5, 0.6) is 5.75 Å². The summed E-state index contributed by atoms with van der Waals surface area (Å²) in [4.78, 5) is 0. The Balaban J connectivity index is 2.17. The predicted octanol–water partition coefficient (Wildman–Crippen LogP) is 4.77. The van der Waals surface area contributed by atoms with Crippen LogP contribution in [0.4, 0.5) is 0 Å². The molecule has 1 heteroatoms. The van der Waals surface area contributed by atoms with Crippen LogP contribution in [0.2, 0.25) is 0 Å². The smallest absolute Gasteiger partial charge is 0.119 e. The molecule has 1 aromatic carbocycles. The van der Waals surface area contributed by atoms with Crippen LogP contribution in [-0.4, -0.2) is 7.11 Å².